The normalized spacial score (nSPS) is 18.7. The Morgan fingerprint density at radius 3 is 2.92 bits per heavy atom. The smallest absolute Gasteiger partial charge is 0.253 e. The SMILES string of the molecule is COCc1cccc(C(=O)N2CCCC3(C2)CN(c2ccncn2)C3)c1. The molecule has 0 N–H and O–H groups in total. The minimum atomic E-state index is 0.127. The van der Waals surface area contributed by atoms with Gasteiger partial charge in [-0.15, -0.1) is 0 Å². The van der Waals surface area contributed by atoms with E-state index in [4.69, 9.17) is 4.74 Å². The molecule has 2 aliphatic rings. The van der Waals surface area contributed by atoms with Crippen molar-refractivity contribution in [2.45, 2.75) is 19.4 Å². The predicted octanol–water partition coefficient (Wildman–Crippen LogP) is 2.37. The molecule has 1 spiro atoms. The number of piperidine rings is 1. The van der Waals surface area contributed by atoms with E-state index in [1.165, 1.54) is 6.42 Å². The summed E-state index contributed by atoms with van der Waals surface area (Å²) in [6.07, 6.45) is 5.59. The summed E-state index contributed by atoms with van der Waals surface area (Å²) in [5.41, 5.74) is 1.98. The molecule has 2 aromatic rings. The third-order valence-electron chi connectivity index (χ3n) is 5.38. The van der Waals surface area contributed by atoms with Crippen LogP contribution in [0.3, 0.4) is 0 Å². The van der Waals surface area contributed by atoms with Crippen molar-refractivity contribution >= 4 is 11.7 Å². The molecule has 0 atom stereocenters. The Balaban J connectivity index is 1.43. The van der Waals surface area contributed by atoms with Crippen molar-refractivity contribution in [3.63, 3.8) is 0 Å². The Morgan fingerprint density at radius 2 is 2.15 bits per heavy atom. The molecule has 0 bridgehead atoms. The first-order valence-electron chi connectivity index (χ1n) is 9.07. The van der Waals surface area contributed by atoms with E-state index in [0.29, 0.717) is 6.61 Å². The van der Waals surface area contributed by atoms with Crippen molar-refractivity contribution in [1.82, 2.24) is 14.9 Å². The van der Waals surface area contributed by atoms with E-state index < -0.39 is 0 Å². The average molecular weight is 352 g/mol. The van der Waals surface area contributed by atoms with Gasteiger partial charge in [0.25, 0.3) is 5.91 Å². The molecule has 2 saturated heterocycles. The molecule has 26 heavy (non-hydrogen) atoms. The minimum absolute atomic E-state index is 0.127. The van der Waals surface area contributed by atoms with Gasteiger partial charge in [0.15, 0.2) is 0 Å². The monoisotopic (exact) mass is 352 g/mol. The molecule has 3 heterocycles. The van der Waals surface area contributed by atoms with Gasteiger partial charge < -0.3 is 14.5 Å². The fourth-order valence-electron chi connectivity index (χ4n) is 4.18. The molecule has 0 radical (unpaired) electrons. The molecule has 0 aliphatic carbocycles. The number of aromatic nitrogens is 2. The number of hydrogen-bond donors (Lipinski definition) is 0. The fourth-order valence-corrected chi connectivity index (χ4v) is 4.18. The van der Waals surface area contributed by atoms with Gasteiger partial charge in [0.2, 0.25) is 0 Å². The second kappa shape index (κ2) is 7.03. The maximum Gasteiger partial charge on any atom is 0.253 e. The molecule has 6 heteroatoms. The summed E-state index contributed by atoms with van der Waals surface area (Å²) >= 11 is 0. The maximum atomic E-state index is 13.0. The summed E-state index contributed by atoms with van der Waals surface area (Å²) in [5.74, 6) is 1.10. The molecule has 1 aromatic carbocycles. The number of carbonyl (C=O) groups is 1. The van der Waals surface area contributed by atoms with E-state index >= 15 is 0 Å². The first kappa shape index (κ1) is 17.0. The molecule has 2 fully saturated rings. The van der Waals surface area contributed by atoms with Gasteiger partial charge in [0.05, 0.1) is 6.61 Å². The number of anilines is 1. The lowest BCUT2D eigenvalue weighted by Crippen LogP contribution is -2.63. The highest BCUT2D eigenvalue weighted by atomic mass is 16.5. The number of ether oxygens (including phenoxy) is 1. The standard InChI is InChI=1S/C20H24N4O2/c1-26-11-16-4-2-5-17(10-16)19(25)23-9-3-7-20(12-23)13-24(14-20)18-6-8-21-15-22-18/h2,4-6,8,10,15H,3,7,9,11-14H2,1H3. The van der Waals surface area contributed by atoms with Gasteiger partial charge in [-0.05, 0) is 36.6 Å². The lowest BCUT2D eigenvalue weighted by Gasteiger charge is -2.55. The summed E-state index contributed by atoms with van der Waals surface area (Å²) in [7, 11) is 1.67. The number of carbonyl (C=O) groups excluding carboxylic acids is 1. The zero-order chi connectivity index (χ0) is 18.0. The zero-order valence-electron chi connectivity index (χ0n) is 15.1. The topological polar surface area (TPSA) is 58.6 Å². The van der Waals surface area contributed by atoms with Crippen LogP contribution in [0.25, 0.3) is 0 Å². The number of hydrogen-bond acceptors (Lipinski definition) is 5. The molecule has 2 aliphatic heterocycles. The van der Waals surface area contributed by atoms with Crippen molar-refractivity contribution in [2.24, 2.45) is 5.41 Å². The first-order valence-corrected chi connectivity index (χ1v) is 9.07. The molecule has 0 unspecified atom stereocenters. The molecule has 6 nitrogen and oxygen atoms in total. The molecule has 1 amide bonds. The van der Waals surface area contributed by atoms with Gasteiger partial charge in [-0.25, -0.2) is 9.97 Å². The number of likely N-dealkylation sites (tertiary alicyclic amines) is 1. The predicted molar refractivity (Wildman–Crippen MR) is 99.0 cm³/mol. The van der Waals surface area contributed by atoms with Crippen LogP contribution >= 0.6 is 0 Å². The number of nitrogens with zero attached hydrogens (tertiary/aromatic N) is 4. The number of amides is 1. The Kier molecular flexibility index (Phi) is 4.59. The van der Waals surface area contributed by atoms with E-state index in [1.807, 2.05) is 35.2 Å². The lowest BCUT2D eigenvalue weighted by molar-refractivity contribution is 0.0417. The van der Waals surface area contributed by atoms with E-state index in [9.17, 15) is 4.79 Å². The maximum absolute atomic E-state index is 13.0. The molecular formula is C20H24N4O2. The van der Waals surface area contributed by atoms with Gasteiger partial charge in [-0.2, -0.15) is 0 Å². The fraction of sp³-hybridized carbons (Fsp3) is 0.450. The molecule has 0 saturated carbocycles. The molecule has 1 aromatic heterocycles. The lowest BCUT2D eigenvalue weighted by atomic mass is 9.73. The van der Waals surface area contributed by atoms with Crippen molar-refractivity contribution < 1.29 is 9.53 Å². The van der Waals surface area contributed by atoms with Crippen molar-refractivity contribution in [3.8, 4) is 0 Å². The van der Waals surface area contributed by atoms with Crippen LogP contribution in [0.2, 0.25) is 0 Å². The van der Waals surface area contributed by atoms with E-state index in [2.05, 4.69) is 14.9 Å². The first-order chi connectivity index (χ1) is 12.7. The van der Waals surface area contributed by atoms with Crippen LogP contribution in [0, 0.1) is 5.41 Å². The highest BCUT2D eigenvalue weighted by molar-refractivity contribution is 5.94. The summed E-state index contributed by atoms with van der Waals surface area (Å²) in [4.78, 5) is 25.6. The van der Waals surface area contributed by atoms with E-state index in [0.717, 1.165) is 49.5 Å². The highest BCUT2D eigenvalue weighted by Gasteiger charge is 2.47. The van der Waals surface area contributed by atoms with E-state index in [1.54, 1.807) is 19.6 Å². The third-order valence-corrected chi connectivity index (χ3v) is 5.38. The van der Waals surface area contributed by atoms with Crippen molar-refractivity contribution in [1.29, 1.82) is 0 Å². The quantitative estimate of drug-likeness (QED) is 0.845. The van der Waals surface area contributed by atoms with E-state index in [-0.39, 0.29) is 11.3 Å². The Bertz CT molecular complexity index is 774. The highest BCUT2D eigenvalue weighted by Crippen LogP contribution is 2.40. The van der Waals surface area contributed by atoms with Gasteiger partial charge >= 0.3 is 0 Å². The summed E-state index contributed by atoms with van der Waals surface area (Å²) < 4.78 is 5.18. The Morgan fingerprint density at radius 1 is 1.27 bits per heavy atom. The van der Waals surface area contributed by atoms with Crippen molar-refractivity contribution in [2.75, 3.05) is 38.2 Å². The van der Waals surface area contributed by atoms with Crippen LogP contribution in [0.1, 0.15) is 28.8 Å². The third kappa shape index (κ3) is 3.29. The Hall–Kier alpha value is -2.47. The van der Waals surface area contributed by atoms with Crippen LogP contribution in [0.5, 0.6) is 0 Å². The van der Waals surface area contributed by atoms with Gasteiger partial charge in [-0.3, -0.25) is 4.79 Å². The largest absolute Gasteiger partial charge is 0.380 e. The number of rotatable bonds is 4. The van der Waals surface area contributed by atoms with Crippen LogP contribution in [-0.2, 0) is 11.3 Å². The molecule has 136 valence electrons. The second-order valence-electron chi connectivity index (χ2n) is 7.39. The number of benzene rings is 1. The van der Waals surface area contributed by atoms with Crippen LogP contribution in [-0.4, -0.2) is 54.1 Å². The van der Waals surface area contributed by atoms with Gasteiger partial charge in [0, 0.05) is 50.5 Å². The summed E-state index contributed by atoms with van der Waals surface area (Å²) in [6, 6.07) is 9.71. The van der Waals surface area contributed by atoms with Gasteiger partial charge in [-0.1, -0.05) is 12.1 Å². The van der Waals surface area contributed by atoms with Crippen LogP contribution in [0.15, 0.2) is 42.9 Å². The molecule has 4 rings (SSSR count). The minimum Gasteiger partial charge on any atom is -0.380 e. The second-order valence-corrected chi connectivity index (χ2v) is 7.39. The Labute approximate surface area is 153 Å². The summed E-state index contributed by atoms with van der Waals surface area (Å²) in [5, 5.41) is 0. The van der Waals surface area contributed by atoms with Crippen molar-refractivity contribution in [3.05, 3.63) is 54.0 Å². The van der Waals surface area contributed by atoms with Crippen LogP contribution < -0.4 is 4.90 Å². The van der Waals surface area contributed by atoms with Gasteiger partial charge in [0.1, 0.15) is 12.1 Å². The number of methoxy groups -OCH3 is 1. The van der Waals surface area contributed by atoms with Crippen LogP contribution in [0.4, 0.5) is 5.82 Å². The zero-order valence-corrected chi connectivity index (χ0v) is 15.1. The summed E-state index contributed by atoms with van der Waals surface area (Å²) in [6.45, 7) is 4.10. The molecular weight excluding hydrogens is 328 g/mol. The average Bonchev–Trinajstić information content (AvgIpc) is 2.67.